The van der Waals surface area contributed by atoms with Gasteiger partial charge in [-0.1, -0.05) is 23.2 Å². The summed E-state index contributed by atoms with van der Waals surface area (Å²) < 4.78 is 5.96. The van der Waals surface area contributed by atoms with Crippen LogP contribution < -0.4 is 5.32 Å². The Kier molecular flexibility index (Phi) is 4.63. The van der Waals surface area contributed by atoms with E-state index in [-0.39, 0.29) is 5.91 Å². The number of halogens is 3. The fraction of sp³-hybridized carbons (Fsp3) is 0. The first-order chi connectivity index (χ1) is 10.5. The zero-order valence-corrected chi connectivity index (χ0v) is 14.7. The number of thioether (sulfide) groups is 1. The molecule has 1 N–H and O–H groups in total. The molecule has 8 heteroatoms. The van der Waals surface area contributed by atoms with E-state index in [2.05, 4.69) is 26.2 Å². The Balaban J connectivity index is 1.83. The summed E-state index contributed by atoms with van der Waals surface area (Å²) in [5.74, 6) is 0.358. The van der Waals surface area contributed by atoms with E-state index in [1.165, 1.54) is 11.8 Å². The van der Waals surface area contributed by atoms with E-state index < -0.39 is 0 Å². The summed E-state index contributed by atoms with van der Waals surface area (Å²) >= 11 is 16.2. The summed E-state index contributed by atoms with van der Waals surface area (Å²) in [7, 11) is 0. The molecule has 1 amide bonds. The van der Waals surface area contributed by atoms with Crippen molar-refractivity contribution in [2.75, 3.05) is 0 Å². The molecule has 0 radical (unpaired) electrons. The molecule has 4 nitrogen and oxygen atoms in total. The van der Waals surface area contributed by atoms with Gasteiger partial charge < -0.3 is 9.73 Å². The lowest BCUT2D eigenvalue weighted by molar-refractivity contribution is -0.115. The monoisotopic (exact) mass is 416 g/mol. The molecule has 2 heterocycles. The largest absolute Gasteiger partial charge is 0.450 e. The van der Waals surface area contributed by atoms with E-state index in [9.17, 15) is 4.79 Å². The van der Waals surface area contributed by atoms with Crippen molar-refractivity contribution >= 4 is 73.7 Å². The Morgan fingerprint density at radius 3 is 2.73 bits per heavy atom. The highest BCUT2D eigenvalue weighted by atomic mass is 79.9. The van der Waals surface area contributed by atoms with Gasteiger partial charge in [-0.3, -0.25) is 4.79 Å². The first kappa shape index (κ1) is 15.7. The fourth-order valence-electron chi connectivity index (χ4n) is 1.69. The minimum atomic E-state index is -0.226. The van der Waals surface area contributed by atoms with Gasteiger partial charge in [0.25, 0.3) is 5.91 Å². The second kappa shape index (κ2) is 6.50. The molecule has 2 aromatic rings. The molecule has 0 unspecified atom stereocenters. The number of carbonyl (C=O) groups is 1. The van der Waals surface area contributed by atoms with E-state index in [4.69, 9.17) is 27.6 Å². The molecule has 0 atom stereocenters. The quantitative estimate of drug-likeness (QED) is 0.679. The molecule has 1 aromatic heterocycles. The maximum absolute atomic E-state index is 11.9. The number of aliphatic imine (C=N–C) groups is 1. The van der Waals surface area contributed by atoms with Gasteiger partial charge >= 0.3 is 0 Å². The van der Waals surface area contributed by atoms with E-state index in [0.29, 0.717) is 36.2 Å². The lowest BCUT2D eigenvalue weighted by Gasteiger charge is -1.98. The number of benzene rings is 1. The van der Waals surface area contributed by atoms with Crippen LogP contribution in [0, 0.1) is 0 Å². The first-order valence-electron chi connectivity index (χ1n) is 6.01. The van der Waals surface area contributed by atoms with Gasteiger partial charge in [-0.05, 0) is 58.0 Å². The van der Waals surface area contributed by atoms with Crippen molar-refractivity contribution in [3.8, 4) is 0 Å². The van der Waals surface area contributed by atoms with Gasteiger partial charge in [0.15, 0.2) is 9.84 Å². The van der Waals surface area contributed by atoms with Crippen LogP contribution in [-0.2, 0) is 4.79 Å². The molecule has 0 aliphatic carbocycles. The highest BCUT2D eigenvalue weighted by Crippen LogP contribution is 2.31. The molecule has 1 aliphatic heterocycles. The number of nitrogens with one attached hydrogen (secondary N) is 1. The van der Waals surface area contributed by atoms with Crippen molar-refractivity contribution in [1.82, 2.24) is 5.32 Å². The second-order valence-corrected chi connectivity index (χ2v) is 6.85. The lowest BCUT2D eigenvalue weighted by atomic mass is 10.3. The van der Waals surface area contributed by atoms with Crippen molar-refractivity contribution in [2.45, 2.75) is 0 Å². The normalized spacial score (nSPS) is 18.2. The van der Waals surface area contributed by atoms with Crippen LogP contribution in [0.3, 0.4) is 0 Å². The zero-order valence-electron chi connectivity index (χ0n) is 10.8. The van der Waals surface area contributed by atoms with Crippen molar-refractivity contribution in [3.63, 3.8) is 0 Å². The standard InChI is InChI=1S/C14H7BrCl2N2O2S/c15-12-4-2-8(21-12)6-11-13(20)19-14(22-11)18-7-1-3-9(16)10(17)5-7/h1-6H,(H,18,19,20). The third kappa shape index (κ3) is 3.57. The molecular formula is C14H7BrCl2N2O2S. The van der Waals surface area contributed by atoms with Crippen molar-refractivity contribution in [1.29, 1.82) is 0 Å². The van der Waals surface area contributed by atoms with E-state index in [1.807, 2.05) is 0 Å². The number of hydrogen-bond donors (Lipinski definition) is 1. The maximum atomic E-state index is 11.9. The number of furan rings is 1. The Labute approximate surface area is 148 Å². The van der Waals surface area contributed by atoms with E-state index in [0.717, 1.165) is 0 Å². The van der Waals surface area contributed by atoms with Crippen molar-refractivity contribution in [2.24, 2.45) is 4.99 Å². The number of amides is 1. The smallest absolute Gasteiger partial charge is 0.264 e. The SMILES string of the molecule is O=C1NC(=Nc2ccc(Cl)c(Cl)c2)SC1=Cc1ccc(Br)o1. The Bertz CT molecular complexity index is 817. The summed E-state index contributed by atoms with van der Waals surface area (Å²) in [6, 6.07) is 8.53. The first-order valence-corrected chi connectivity index (χ1v) is 8.38. The number of nitrogens with zero attached hydrogens (tertiary/aromatic N) is 1. The lowest BCUT2D eigenvalue weighted by Crippen LogP contribution is -2.19. The van der Waals surface area contributed by atoms with Crippen LogP contribution in [0.4, 0.5) is 5.69 Å². The molecule has 0 saturated carbocycles. The topological polar surface area (TPSA) is 54.6 Å². The predicted molar refractivity (Wildman–Crippen MR) is 93.7 cm³/mol. The average Bonchev–Trinajstić information content (AvgIpc) is 3.01. The molecular weight excluding hydrogens is 411 g/mol. The average molecular weight is 418 g/mol. The number of rotatable bonds is 2. The van der Waals surface area contributed by atoms with E-state index in [1.54, 1.807) is 36.4 Å². The summed E-state index contributed by atoms with van der Waals surface area (Å²) in [5, 5.41) is 4.03. The second-order valence-electron chi connectivity index (χ2n) is 4.22. The molecule has 1 aliphatic rings. The van der Waals surface area contributed by atoms with Crippen LogP contribution in [-0.4, -0.2) is 11.1 Å². The summed E-state index contributed by atoms with van der Waals surface area (Å²) in [4.78, 5) is 16.8. The van der Waals surface area contributed by atoms with Crippen LogP contribution in [0.25, 0.3) is 6.08 Å². The number of amidine groups is 1. The molecule has 1 fully saturated rings. The van der Waals surface area contributed by atoms with Gasteiger partial charge in [0.05, 0.1) is 20.6 Å². The van der Waals surface area contributed by atoms with Crippen LogP contribution in [0.2, 0.25) is 10.0 Å². The molecule has 0 bridgehead atoms. The molecule has 112 valence electrons. The third-order valence-electron chi connectivity index (χ3n) is 2.65. The van der Waals surface area contributed by atoms with Crippen molar-refractivity contribution in [3.05, 3.63) is 55.7 Å². The molecule has 22 heavy (non-hydrogen) atoms. The Morgan fingerprint density at radius 1 is 1.23 bits per heavy atom. The molecule has 1 saturated heterocycles. The Hall–Kier alpha value is -1.21. The minimum Gasteiger partial charge on any atom is -0.450 e. The summed E-state index contributed by atoms with van der Waals surface area (Å²) in [6.07, 6.45) is 1.65. The predicted octanol–water partition coefficient (Wildman–Crippen LogP) is 5.24. The molecule has 0 spiro atoms. The number of hydrogen-bond acceptors (Lipinski definition) is 4. The highest BCUT2D eigenvalue weighted by molar-refractivity contribution is 9.10. The van der Waals surface area contributed by atoms with Crippen molar-refractivity contribution < 1.29 is 9.21 Å². The molecule has 1 aromatic carbocycles. The van der Waals surface area contributed by atoms with Gasteiger partial charge in [0.1, 0.15) is 5.76 Å². The fourth-order valence-corrected chi connectivity index (χ4v) is 3.12. The molecule has 3 rings (SSSR count). The van der Waals surface area contributed by atoms with Crippen LogP contribution in [0.15, 0.2) is 49.3 Å². The minimum absolute atomic E-state index is 0.226. The third-order valence-corrected chi connectivity index (χ3v) is 4.73. The van der Waals surface area contributed by atoms with Gasteiger partial charge in [-0.15, -0.1) is 0 Å². The maximum Gasteiger partial charge on any atom is 0.264 e. The van der Waals surface area contributed by atoms with Gasteiger partial charge in [-0.2, -0.15) is 0 Å². The van der Waals surface area contributed by atoms with Crippen LogP contribution >= 0.6 is 50.9 Å². The summed E-state index contributed by atoms with van der Waals surface area (Å²) in [5.41, 5.74) is 0.610. The Morgan fingerprint density at radius 2 is 2.05 bits per heavy atom. The van der Waals surface area contributed by atoms with E-state index >= 15 is 0 Å². The van der Waals surface area contributed by atoms with Crippen LogP contribution in [0.5, 0.6) is 0 Å². The van der Waals surface area contributed by atoms with Gasteiger partial charge in [-0.25, -0.2) is 4.99 Å². The summed E-state index contributed by atoms with van der Waals surface area (Å²) in [6.45, 7) is 0. The van der Waals surface area contributed by atoms with Crippen LogP contribution in [0.1, 0.15) is 5.76 Å². The number of carbonyl (C=O) groups excluding carboxylic acids is 1. The van der Waals surface area contributed by atoms with Gasteiger partial charge in [0.2, 0.25) is 0 Å². The van der Waals surface area contributed by atoms with Gasteiger partial charge in [0, 0.05) is 6.08 Å². The zero-order chi connectivity index (χ0) is 15.7. The highest BCUT2D eigenvalue weighted by Gasteiger charge is 2.24.